The van der Waals surface area contributed by atoms with Crippen LogP contribution in [0.2, 0.25) is 0 Å². The zero-order valence-corrected chi connectivity index (χ0v) is 11.0. The van der Waals surface area contributed by atoms with E-state index in [2.05, 4.69) is 10.6 Å². The molecule has 0 saturated carbocycles. The fourth-order valence-electron chi connectivity index (χ4n) is 1.72. The standard InChI is InChI=1S/C11H20N2O7/c1-5(14)4-12-2-3-13-10(18)9-7(16)6(15)8(17)11(19)20-9/h6-9,11-12,15-17,19H,2-4H2,1H3,(H,13,18). The molecular formula is C11H20N2O7. The van der Waals surface area contributed by atoms with Crippen molar-refractivity contribution in [1.29, 1.82) is 0 Å². The van der Waals surface area contributed by atoms with Gasteiger partial charge in [0, 0.05) is 13.1 Å². The third-order valence-corrected chi connectivity index (χ3v) is 2.82. The Bertz CT molecular complexity index is 352. The van der Waals surface area contributed by atoms with E-state index in [-0.39, 0.29) is 18.9 Å². The molecule has 0 radical (unpaired) electrons. The van der Waals surface area contributed by atoms with E-state index in [1.165, 1.54) is 6.92 Å². The van der Waals surface area contributed by atoms with Crippen molar-refractivity contribution in [2.24, 2.45) is 0 Å². The van der Waals surface area contributed by atoms with Gasteiger partial charge in [-0.2, -0.15) is 0 Å². The highest BCUT2D eigenvalue weighted by Gasteiger charge is 2.45. The summed E-state index contributed by atoms with van der Waals surface area (Å²) in [6.07, 6.45) is -8.22. The molecule has 0 bridgehead atoms. The van der Waals surface area contributed by atoms with Gasteiger partial charge < -0.3 is 35.8 Å². The van der Waals surface area contributed by atoms with Crippen LogP contribution in [0.5, 0.6) is 0 Å². The van der Waals surface area contributed by atoms with Crippen LogP contribution < -0.4 is 10.6 Å². The first-order valence-electron chi connectivity index (χ1n) is 6.20. The lowest BCUT2D eigenvalue weighted by atomic mass is 9.98. The van der Waals surface area contributed by atoms with E-state index < -0.39 is 36.6 Å². The summed E-state index contributed by atoms with van der Waals surface area (Å²) < 4.78 is 4.75. The van der Waals surface area contributed by atoms with E-state index in [9.17, 15) is 30.0 Å². The Kier molecular flexibility index (Phi) is 6.46. The number of ketones is 1. The SMILES string of the molecule is CC(=O)CNCCNC(=O)C1OC(O)C(O)C(O)C1O. The van der Waals surface area contributed by atoms with Gasteiger partial charge in [0.15, 0.2) is 12.4 Å². The first-order valence-corrected chi connectivity index (χ1v) is 6.20. The van der Waals surface area contributed by atoms with Gasteiger partial charge in [-0.25, -0.2) is 0 Å². The summed E-state index contributed by atoms with van der Waals surface area (Å²) in [5, 5.41) is 42.8. The number of carbonyl (C=O) groups is 2. The molecule has 5 unspecified atom stereocenters. The summed E-state index contributed by atoms with van der Waals surface area (Å²) in [5.74, 6) is -0.769. The number of hydrogen-bond acceptors (Lipinski definition) is 8. The van der Waals surface area contributed by atoms with Crippen molar-refractivity contribution in [2.45, 2.75) is 37.6 Å². The molecular weight excluding hydrogens is 272 g/mol. The van der Waals surface area contributed by atoms with E-state index in [1.807, 2.05) is 0 Å². The molecule has 9 nitrogen and oxygen atoms in total. The zero-order valence-electron chi connectivity index (χ0n) is 11.0. The number of hydrogen-bond donors (Lipinski definition) is 6. The maximum absolute atomic E-state index is 11.7. The van der Waals surface area contributed by atoms with Gasteiger partial charge in [-0.05, 0) is 6.92 Å². The van der Waals surface area contributed by atoms with Crippen LogP contribution in [-0.4, -0.2) is 82.5 Å². The van der Waals surface area contributed by atoms with Crippen molar-refractivity contribution in [3.05, 3.63) is 0 Å². The summed E-state index contributed by atoms with van der Waals surface area (Å²) in [4.78, 5) is 22.4. The second-order valence-corrected chi connectivity index (χ2v) is 4.59. The fourth-order valence-corrected chi connectivity index (χ4v) is 1.72. The number of aliphatic hydroxyl groups excluding tert-OH is 4. The third-order valence-electron chi connectivity index (χ3n) is 2.82. The van der Waals surface area contributed by atoms with Crippen LogP contribution in [0.4, 0.5) is 0 Å². The molecule has 0 spiro atoms. The van der Waals surface area contributed by atoms with Gasteiger partial charge in [-0.15, -0.1) is 0 Å². The monoisotopic (exact) mass is 292 g/mol. The number of aliphatic hydroxyl groups is 4. The molecule has 1 amide bonds. The van der Waals surface area contributed by atoms with Crippen molar-refractivity contribution in [2.75, 3.05) is 19.6 Å². The fraction of sp³-hybridized carbons (Fsp3) is 0.818. The maximum Gasteiger partial charge on any atom is 0.252 e. The molecule has 6 N–H and O–H groups in total. The van der Waals surface area contributed by atoms with Crippen LogP contribution in [0.3, 0.4) is 0 Å². The van der Waals surface area contributed by atoms with Crippen molar-refractivity contribution in [1.82, 2.24) is 10.6 Å². The normalized spacial score (nSPS) is 33.8. The second kappa shape index (κ2) is 7.62. The number of carbonyl (C=O) groups excluding carboxylic acids is 2. The van der Waals surface area contributed by atoms with E-state index >= 15 is 0 Å². The van der Waals surface area contributed by atoms with E-state index in [0.717, 1.165) is 0 Å². The number of Topliss-reactive ketones (excluding diaryl/α,β-unsaturated/α-hetero) is 1. The average Bonchev–Trinajstić information content (AvgIpc) is 2.39. The van der Waals surface area contributed by atoms with Crippen LogP contribution in [0.25, 0.3) is 0 Å². The predicted molar refractivity (Wildman–Crippen MR) is 65.5 cm³/mol. The molecule has 0 aromatic rings. The van der Waals surface area contributed by atoms with Gasteiger partial charge in [0.1, 0.15) is 24.1 Å². The van der Waals surface area contributed by atoms with Crippen molar-refractivity contribution >= 4 is 11.7 Å². The van der Waals surface area contributed by atoms with Gasteiger partial charge in [-0.1, -0.05) is 0 Å². The Morgan fingerprint density at radius 1 is 1.05 bits per heavy atom. The zero-order chi connectivity index (χ0) is 15.3. The van der Waals surface area contributed by atoms with Crippen LogP contribution in [0, 0.1) is 0 Å². The van der Waals surface area contributed by atoms with E-state index in [0.29, 0.717) is 6.54 Å². The highest BCUT2D eigenvalue weighted by molar-refractivity contribution is 5.81. The lowest BCUT2D eigenvalue weighted by Crippen LogP contribution is -2.61. The van der Waals surface area contributed by atoms with Crippen LogP contribution in [-0.2, 0) is 14.3 Å². The minimum atomic E-state index is -1.75. The topological polar surface area (TPSA) is 148 Å². The Morgan fingerprint density at radius 3 is 2.30 bits per heavy atom. The Hall–Kier alpha value is -1.10. The average molecular weight is 292 g/mol. The minimum absolute atomic E-state index is 0.0393. The third kappa shape index (κ3) is 4.47. The molecule has 0 aromatic carbocycles. The van der Waals surface area contributed by atoms with Gasteiger partial charge in [0.25, 0.3) is 5.91 Å². The molecule has 1 heterocycles. The van der Waals surface area contributed by atoms with Gasteiger partial charge in [0.2, 0.25) is 0 Å². The van der Waals surface area contributed by atoms with Crippen molar-refractivity contribution < 1.29 is 34.8 Å². The molecule has 116 valence electrons. The molecule has 1 aliphatic heterocycles. The molecule has 20 heavy (non-hydrogen) atoms. The van der Waals surface area contributed by atoms with Gasteiger partial charge in [0.05, 0.1) is 6.54 Å². The minimum Gasteiger partial charge on any atom is -0.387 e. The lowest BCUT2D eigenvalue weighted by molar-refractivity contribution is -0.275. The molecule has 1 saturated heterocycles. The summed E-state index contributed by atoms with van der Waals surface area (Å²) in [6, 6.07) is 0. The Labute approximate surface area is 115 Å². The second-order valence-electron chi connectivity index (χ2n) is 4.59. The van der Waals surface area contributed by atoms with Crippen LogP contribution >= 0.6 is 0 Å². The molecule has 0 aliphatic carbocycles. The largest absolute Gasteiger partial charge is 0.387 e. The lowest BCUT2D eigenvalue weighted by Gasteiger charge is -2.37. The Balaban J connectivity index is 2.37. The van der Waals surface area contributed by atoms with Crippen molar-refractivity contribution in [3.8, 4) is 0 Å². The number of ether oxygens (including phenoxy) is 1. The first kappa shape index (κ1) is 17.0. The smallest absolute Gasteiger partial charge is 0.252 e. The van der Waals surface area contributed by atoms with Crippen LogP contribution in [0.1, 0.15) is 6.92 Å². The predicted octanol–water partition coefficient (Wildman–Crippen LogP) is -3.92. The number of rotatable bonds is 6. The van der Waals surface area contributed by atoms with Gasteiger partial charge in [-0.3, -0.25) is 9.59 Å². The number of amides is 1. The van der Waals surface area contributed by atoms with Gasteiger partial charge >= 0.3 is 0 Å². The van der Waals surface area contributed by atoms with E-state index in [1.54, 1.807) is 0 Å². The molecule has 1 fully saturated rings. The molecule has 9 heteroatoms. The molecule has 0 aromatic heterocycles. The highest BCUT2D eigenvalue weighted by atomic mass is 16.6. The van der Waals surface area contributed by atoms with Crippen LogP contribution in [0.15, 0.2) is 0 Å². The summed E-state index contributed by atoms with van der Waals surface area (Å²) in [7, 11) is 0. The van der Waals surface area contributed by atoms with Crippen molar-refractivity contribution in [3.63, 3.8) is 0 Å². The molecule has 1 aliphatic rings. The Morgan fingerprint density at radius 2 is 1.70 bits per heavy atom. The summed E-state index contributed by atoms with van der Waals surface area (Å²) >= 11 is 0. The first-order chi connectivity index (χ1) is 9.34. The molecule has 1 rings (SSSR count). The summed E-state index contributed by atoms with van der Waals surface area (Å²) in [6.45, 7) is 2.11. The number of nitrogens with one attached hydrogen (secondary N) is 2. The quantitative estimate of drug-likeness (QED) is 0.272. The maximum atomic E-state index is 11.7. The highest BCUT2D eigenvalue weighted by Crippen LogP contribution is 2.19. The van der Waals surface area contributed by atoms with E-state index in [4.69, 9.17) is 4.74 Å². The molecule has 5 atom stereocenters. The summed E-state index contributed by atoms with van der Waals surface area (Å²) in [5.41, 5.74) is 0.